The monoisotopic (exact) mass is 284 g/mol. The number of ether oxygens (including phenoxy) is 1. The number of unbranched alkanes of at least 4 members (excludes halogenated alkanes) is 5. The first-order valence-corrected chi connectivity index (χ1v) is 8.10. The van der Waals surface area contributed by atoms with E-state index in [-0.39, 0.29) is 18.5 Å². The van der Waals surface area contributed by atoms with Gasteiger partial charge in [0, 0.05) is 12.8 Å². The number of carboxylic acid groups (broad SMARTS) is 1. The fourth-order valence-electron chi connectivity index (χ4n) is 2.68. The topological polar surface area (TPSA) is 63.6 Å². The lowest BCUT2D eigenvalue weighted by atomic mass is 9.98. The van der Waals surface area contributed by atoms with Crippen molar-refractivity contribution in [1.82, 2.24) is 0 Å². The molecule has 1 fully saturated rings. The van der Waals surface area contributed by atoms with Crippen LogP contribution in [0.3, 0.4) is 0 Å². The third-order valence-corrected chi connectivity index (χ3v) is 3.87. The number of aliphatic carboxylic acids is 1. The highest BCUT2D eigenvalue weighted by Crippen LogP contribution is 2.21. The Labute approximate surface area is 121 Å². The van der Waals surface area contributed by atoms with Gasteiger partial charge in [-0.3, -0.25) is 9.59 Å². The Kier molecular flexibility index (Phi) is 9.09. The molecule has 4 heteroatoms. The summed E-state index contributed by atoms with van der Waals surface area (Å²) >= 11 is 0. The van der Waals surface area contributed by atoms with Crippen molar-refractivity contribution in [3.8, 4) is 0 Å². The largest absolute Gasteiger partial charge is 0.481 e. The number of hydrogen-bond donors (Lipinski definition) is 1. The van der Waals surface area contributed by atoms with Gasteiger partial charge in [-0.15, -0.1) is 0 Å². The molecule has 0 spiro atoms. The van der Waals surface area contributed by atoms with E-state index in [9.17, 15) is 9.59 Å². The summed E-state index contributed by atoms with van der Waals surface area (Å²) in [6.07, 6.45) is 12.5. The van der Waals surface area contributed by atoms with Crippen LogP contribution in [0.5, 0.6) is 0 Å². The Morgan fingerprint density at radius 2 is 1.40 bits per heavy atom. The third kappa shape index (κ3) is 8.94. The highest BCUT2D eigenvalue weighted by atomic mass is 16.5. The van der Waals surface area contributed by atoms with Crippen molar-refractivity contribution in [3.63, 3.8) is 0 Å². The molecule has 0 heterocycles. The van der Waals surface area contributed by atoms with Gasteiger partial charge in [-0.1, -0.05) is 32.1 Å². The van der Waals surface area contributed by atoms with Gasteiger partial charge in [0.1, 0.15) is 6.10 Å². The summed E-state index contributed by atoms with van der Waals surface area (Å²) in [6.45, 7) is 0. The smallest absolute Gasteiger partial charge is 0.306 e. The molecule has 116 valence electrons. The van der Waals surface area contributed by atoms with Gasteiger partial charge in [0.05, 0.1) is 0 Å². The van der Waals surface area contributed by atoms with Crippen LogP contribution in [-0.4, -0.2) is 23.1 Å². The minimum Gasteiger partial charge on any atom is -0.481 e. The van der Waals surface area contributed by atoms with E-state index in [1.54, 1.807) is 0 Å². The summed E-state index contributed by atoms with van der Waals surface area (Å²) in [4.78, 5) is 22.0. The van der Waals surface area contributed by atoms with E-state index in [2.05, 4.69) is 0 Å². The van der Waals surface area contributed by atoms with Crippen LogP contribution in [0.2, 0.25) is 0 Å². The van der Waals surface area contributed by atoms with Gasteiger partial charge in [0.2, 0.25) is 0 Å². The van der Waals surface area contributed by atoms with Crippen molar-refractivity contribution in [1.29, 1.82) is 0 Å². The van der Waals surface area contributed by atoms with Crippen molar-refractivity contribution < 1.29 is 19.4 Å². The molecule has 0 saturated heterocycles. The van der Waals surface area contributed by atoms with Crippen LogP contribution < -0.4 is 0 Å². The SMILES string of the molecule is O=C(O)CCCCCCCCC(=O)OC1CCCCC1. The molecule has 0 aliphatic heterocycles. The number of carbonyl (C=O) groups is 2. The second-order valence-corrected chi connectivity index (χ2v) is 5.76. The lowest BCUT2D eigenvalue weighted by Gasteiger charge is -2.21. The molecular formula is C16H28O4. The molecule has 1 aliphatic carbocycles. The summed E-state index contributed by atoms with van der Waals surface area (Å²) in [5, 5.41) is 8.50. The first-order valence-electron chi connectivity index (χ1n) is 8.10. The summed E-state index contributed by atoms with van der Waals surface area (Å²) in [5.41, 5.74) is 0. The molecule has 0 atom stereocenters. The fraction of sp³-hybridized carbons (Fsp3) is 0.875. The molecule has 0 aromatic carbocycles. The first-order chi connectivity index (χ1) is 9.68. The lowest BCUT2D eigenvalue weighted by Crippen LogP contribution is -2.20. The Hall–Kier alpha value is -1.06. The highest BCUT2D eigenvalue weighted by molar-refractivity contribution is 5.69. The van der Waals surface area contributed by atoms with E-state index in [1.165, 1.54) is 19.3 Å². The molecule has 0 bridgehead atoms. The van der Waals surface area contributed by atoms with Gasteiger partial charge in [-0.2, -0.15) is 0 Å². The molecule has 1 aliphatic rings. The molecule has 1 saturated carbocycles. The Bertz CT molecular complexity index is 282. The van der Waals surface area contributed by atoms with E-state index in [1.807, 2.05) is 0 Å². The maximum absolute atomic E-state index is 11.6. The van der Waals surface area contributed by atoms with Crippen LogP contribution >= 0.6 is 0 Å². The molecule has 1 N–H and O–H groups in total. The van der Waals surface area contributed by atoms with Crippen LogP contribution in [0.25, 0.3) is 0 Å². The van der Waals surface area contributed by atoms with Crippen molar-refractivity contribution >= 4 is 11.9 Å². The third-order valence-electron chi connectivity index (χ3n) is 3.87. The normalized spacial score (nSPS) is 16.0. The van der Waals surface area contributed by atoms with E-state index < -0.39 is 5.97 Å². The maximum atomic E-state index is 11.6. The van der Waals surface area contributed by atoms with Crippen LogP contribution in [-0.2, 0) is 14.3 Å². The molecule has 0 aromatic heterocycles. The van der Waals surface area contributed by atoms with Crippen LogP contribution in [0.1, 0.15) is 83.5 Å². The maximum Gasteiger partial charge on any atom is 0.306 e. The second-order valence-electron chi connectivity index (χ2n) is 5.76. The second kappa shape index (κ2) is 10.7. The molecule has 0 amide bonds. The Morgan fingerprint density at radius 1 is 0.850 bits per heavy atom. The van der Waals surface area contributed by atoms with Gasteiger partial charge >= 0.3 is 11.9 Å². The van der Waals surface area contributed by atoms with Crippen LogP contribution in [0, 0.1) is 0 Å². The van der Waals surface area contributed by atoms with Gasteiger partial charge in [0.15, 0.2) is 0 Å². The molecule has 0 radical (unpaired) electrons. The zero-order chi connectivity index (χ0) is 14.6. The predicted octanol–water partition coefficient (Wildman–Crippen LogP) is 4.07. The predicted molar refractivity (Wildman–Crippen MR) is 77.5 cm³/mol. The number of rotatable bonds is 10. The standard InChI is InChI=1S/C16H28O4/c17-15(18)12-8-3-1-2-4-9-13-16(19)20-14-10-6-5-7-11-14/h14H,1-13H2,(H,17,18). The lowest BCUT2D eigenvalue weighted by molar-refractivity contribution is -0.150. The summed E-state index contributed by atoms with van der Waals surface area (Å²) in [5.74, 6) is -0.752. The van der Waals surface area contributed by atoms with Gasteiger partial charge < -0.3 is 9.84 Å². The average molecular weight is 284 g/mol. The van der Waals surface area contributed by atoms with E-state index in [0.717, 1.165) is 51.4 Å². The summed E-state index contributed by atoms with van der Waals surface area (Å²) < 4.78 is 5.46. The Balaban J connectivity index is 1.87. The van der Waals surface area contributed by atoms with Crippen LogP contribution in [0.4, 0.5) is 0 Å². The minimum atomic E-state index is -0.713. The van der Waals surface area contributed by atoms with Crippen molar-refractivity contribution in [2.24, 2.45) is 0 Å². The minimum absolute atomic E-state index is 0.0391. The molecule has 0 unspecified atom stereocenters. The van der Waals surface area contributed by atoms with Gasteiger partial charge in [-0.25, -0.2) is 0 Å². The summed E-state index contributed by atoms with van der Waals surface area (Å²) in [7, 11) is 0. The summed E-state index contributed by atoms with van der Waals surface area (Å²) in [6, 6.07) is 0. The van der Waals surface area contributed by atoms with Crippen LogP contribution in [0.15, 0.2) is 0 Å². The zero-order valence-electron chi connectivity index (χ0n) is 12.4. The van der Waals surface area contributed by atoms with E-state index >= 15 is 0 Å². The molecule has 1 rings (SSSR count). The van der Waals surface area contributed by atoms with Crippen molar-refractivity contribution in [2.45, 2.75) is 89.6 Å². The quantitative estimate of drug-likeness (QED) is 0.485. The fourth-order valence-corrected chi connectivity index (χ4v) is 2.68. The van der Waals surface area contributed by atoms with Crippen molar-refractivity contribution in [3.05, 3.63) is 0 Å². The molecule has 20 heavy (non-hydrogen) atoms. The van der Waals surface area contributed by atoms with Gasteiger partial charge in [0.25, 0.3) is 0 Å². The highest BCUT2D eigenvalue weighted by Gasteiger charge is 2.17. The number of esters is 1. The molecule has 4 nitrogen and oxygen atoms in total. The van der Waals surface area contributed by atoms with E-state index in [0.29, 0.717) is 6.42 Å². The Morgan fingerprint density at radius 3 is 2.00 bits per heavy atom. The number of carbonyl (C=O) groups excluding carboxylic acids is 1. The van der Waals surface area contributed by atoms with Gasteiger partial charge in [-0.05, 0) is 38.5 Å². The molecule has 0 aromatic rings. The first kappa shape index (κ1) is 17.0. The average Bonchev–Trinajstić information content (AvgIpc) is 2.42. The number of carboxylic acids is 1. The van der Waals surface area contributed by atoms with E-state index in [4.69, 9.17) is 9.84 Å². The van der Waals surface area contributed by atoms with Crippen molar-refractivity contribution in [2.75, 3.05) is 0 Å². The number of hydrogen-bond acceptors (Lipinski definition) is 3. The molecular weight excluding hydrogens is 256 g/mol. The zero-order valence-corrected chi connectivity index (χ0v) is 12.4.